The van der Waals surface area contributed by atoms with E-state index >= 15 is 0 Å². The number of para-hydroxylation sites is 2. The fourth-order valence-electron chi connectivity index (χ4n) is 2.79. The lowest BCUT2D eigenvalue weighted by molar-refractivity contribution is 0.644. The van der Waals surface area contributed by atoms with Gasteiger partial charge in [0.2, 0.25) is 0 Å². The Bertz CT molecular complexity index is 789. The number of pyridine rings is 1. The van der Waals surface area contributed by atoms with E-state index in [1.54, 1.807) is 0 Å². The van der Waals surface area contributed by atoms with Crippen LogP contribution in [0.25, 0.3) is 11.0 Å². The van der Waals surface area contributed by atoms with Crippen LogP contribution in [-0.4, -0.2) is 14.5 Å². The van der Waals surface area contributed by atoms with Crippen LogP contribution in [0.4, 0.5) is 0 Å². The van der Waals surface area contributed by atoms with Crippen molar-refractivity contribution in [3.05, 3.63) is 59.2 Å². The lowest BCUT2D eigenvalue weighted by atomic mass is 10.0. The largest absolute Gasteiger partial charge is 0.331 e. The van der Waals surface area contributed by atoms with Crippen molar-refractivity contribution in [3.8, 4) is 0 Å². The van der Waals surface area contributed by atoms with Gasteiger partial charge in [-0.25, -0.2) is 4.98 Å². The molecule has 1 unspecified atom stereocenters. The van der Waals surface area contributed by atoms with E-state index < -0.39 is 0 Å². The molecule has 1 atom stereocenters. The highest BCUT2D eigenvalue weighted by Crippen LogP contribution is 2.21. The Balaban J connectivity index is 1.92. The third-order valence-corrected chi connectivity index (χ3v) is 3.89. The highest BCUT2D eigenvalue weighted by atomic mass is 15.1. The Kier molecular flexibility index (Phi) is 3.47. The van der Waals surface area contributed by atoms with Gasteiger partial charge in [0.25, 0.3) is 0 Å². The molecule has 3 rings (SSSR count). The average molecular weight is 280 g/mol. The molecule has 2 N–H and O–H groups in total. The number of fused-ring (bicyclic) bond motifs is 1. The monoisotopic (exact) mass is 280 g/mol. The predicted octanol–water partition coefficient (Wildman–Crippen LogP) is 2.83. The van der Waals surface area contributed by atoms with Crippen LogP contribution in [0.5, 0.6) is 0 Å². The molecule has 0 saturated carbocycles. The average Bonchev–Trinajstić information content (AvgIpc) is 2.76. The first-order valence-electron chi connectivity index (χ1n) is 7.15. The maximum atomic E-state index is 6.35. The Hall–Kier alpha value is -2.20. The summed E-state index contributed by atoms with van der Waals surface area (Å²) >= 11 is 0. The standard InChI is InChI=1S/C17H20N4/c1-11-8-12(2)17(19-10-11)13(18)9-16-20-14-6-4-5-7-15(14)21(16)3/h4-8,10,13H,9,18H2,1-3H3. The van der Waals surface area contributed by atoms with Crippen LogP contribution in [0.3, 0.4) is 0 Å². The summed E-state index contributed by atoms with van der Waals surface area (Å²) in [6, 6.07) is 10.1. The van der Waals surface area contributed by atoms with Crippen molar-refractivity contribution in [1.82, 2.24) is 14.5 Å². The molecule has 4 nitrogen and oxygen atoms in total. The van der Waals surface area contributed by atoms with Crippen LogP contribution in [0, 0.1) is 13.8 Å². The molecule has 0 amide bonds. The van der Waals surface area contributed by atoms with Gasteiger partial charge in [-0.1, -0.05) is 18.2 Å². The Morgan fingerprint density at radius 2 is 2.00 bits per heavy atom. The summed E-state index contributed by atoms with van der Waals surface area (Å²) in [5.74, 6) is 0.991. The number of hydrogen-bond donors (Lipinski definition) is 1. The molecule has 2 heterocycles. The molecule has 0 aliphatic rings. The molecule has 108 valence electrons. The van der Waals surface area contributed by atoms with E-state index in [2.05, 4.69) is 33.6 Å². The van der Waals surface area contributed by atoms with E-state index in [4.69, 9.17) is 5.73 Å². The van der Waals surface area contributed by atoms with E-state index in [9.17, 15) is 0 Å². The maximum absolute atomic E-state index is 6.35. The molecule has 0 bridgehead atoms. The number of benzene rings is 1. The molecule has 4 heteroatoms. The second-order valence-corrected chi connectivity index (χ2v) is 5.60. The molecule has 0 fully saturated rings. The number of nitrogens with zero attached hydrogens (tertiary/aromatic N) is 3. The Labute approximate surface area is 124 Å². The summed E-state index contributed by atoms with van der Waals surface area (Å²) in [5, 5.41) is 0. The Morgan fingerprint density at radius 3 is 2.71 bits per heavy atom. The summed E-state index contributed by atoms with van der Waals surface area (Å²) in [6.45, 7) is 4.10. The molecule has 0 aliphatic heterocycles. The zero-order valence-corrected chi connectivity index (χ0v) is 12.7. The van der Waals surface area contributed by atoms with Gasteiger partial charge in [-0.3, -0.25) is 4.98 Å². The minimum Gasteiger partial charge on any atom is -0.331 e. The molecule has 3 aromatic rings. The zero-order valence-electron chi connectivity index (χ0n) is 12.7. The van der Waals surface area contributed by atoms with Crippen molar-refractivity contribution in [2.75, 3.05) is 0 Å². The normalized spacial score (nSPS) is 12.8. The first-order chi connectivity index (χ1) is 10.1. The molecule has 0 spiro atoms. The second-order valence-electron chi connectivity index (χ2n) is 5.60. The number of aromatic nitrogens is 3. The minimum atomic E-state index is -0.138. The SMILES string of the molecule is Cc1cnc(C(N)Cc2nc3ccccc3n2C)c(C)c1. The van der Waals surface area contributed by atoms with E-state index in [0.717, 1.165) is 33.7 Å². The van der Waals surface area contributed by atoms with Crippen LogP contribution in [0.15, 0.2) is 36.5 Å². The van der Waals surface area contributed by atoms with Crippen LogP contribution in [0.2, 0.25) is 0 Å². The third-order valence-electron chi connectivity index (χ3n) is 3.89. The summed E-state index contributed by atoms with van der Waals surface area (Å²) in [4.78, 5) is 9.18. The van der Waals surface area contributed by atoms with Gasteiger partial charge in [0.05, 0.1) is 22.8 Å². The number of rotatable bonds is 3. The number of nitrogens with two attached hydrogens (primary N) is 1. The number of imidazole rings is 1. The Morgan fingerprint density at radius 1 is 1.24 bits per heavy atom. The molecule has 1 aromatic carbocycles. The quantitative estimate of drug-likeness (QED) is 0.802. The lowest BCUT2D eigenvalue weighted by Gasteiger charge is -2.14. The number of hydrogen-bond acceptors (Lipinski definition) is 3. The van der Waals surface area contributed by atoms with Crippen molar-refractivity contribution in [3.63, 3.8) is 0 Å². The van der Waals surface area contributed by atoms with E-state index in [-0.39, 0.29) is 6.04 Å². The zero-order chi connectivity index (χ0) is 15.0. The van der Waals surface area contributed by atoms with Gasteiger partial charge in [0, 0.05) is 19.7 Å². The fourth-order valence-corrected chi connectivity index (χ4v) is 2.79. The predicted molar refractivity (Wildman–Crippen MR) is 85.1 cm³/mol. The van der Waals surface area contributed by atoms with E-state index in [1.165, 1.54) is 0 Å². The van der Waals surface area contributed by atoms with Gasteiger partial charge < -0.3 is 10.3 Å². The summed E-state index contributed by atoms with van der Waals surface area (Å²) in [7, 11) is 2.03. The van der Waals surface area contributed by atoms with Crippen LogP contribution < -0.4 is 5.73 Å². The van der Waals surface area contributed by atoms with Crippen molar-refractivity contribution in [2.24, 2.45) is 12.8 Å². The van der Waals surface area contributed by atoms with Crippen molar-refractivity contribution < 1.29 is 0 Å². The molecule has 21 heavy (non-hydrogen) atoms. The highest BCUT2D eigenvalue weighted by molar-refractivity contribution is 5.75. The van der Waals surface area contributed by atoms with Gasteiger partial charge in [0.1, 0.15) is 5.82 Å². The van der Waals surface area contributed by atoms with Gasteiger partial charge in [-0.2, -0.15) is 0 Å². The second kappa shape index (κ2) is 5.30. The fraction of sp³-hybridized carbons (Fsp3) is 0.294. The molecule has 0 radical (unpaired) electrons. The van der Waals surface area contributed by atoms with E-state index in [1.807, 2.05) is 38.4 Å². The summed E-state index contributed by atoms with van der Waals surface area (Å²) in [6.07, 6.45) is 2.55. The van der Waals surface area contributed by atoms with Crippen LogP contribution in [0.1, 0.15) is 28.7 Å². The summed E-state index contributed by atoms with van der Waals surface area (Å²) in [5.41, 5.74) is 11.7. The summed E-state index contributed by atoms with van der Waals surface area (Å²) < 4.78 is 2.11. The van der Waals surface area contributed by atoms with Crippen LogP contribution in [-0.2, 0) is 13.5 Å². The third kappa shape index (κ3) is 2.54. The molecule has 0 saturated heterocycles. The first-order valence-corrected chi connectivity index (χ1v) is 7.15. The molecular formula is C17H20N4. The lowest BCUT2D eigenvalue weighted by Crippen LogP contribution is -2.18. The highest BCUT2D eigenvalue weighted by Gasteiger charge is 2.15. The smallest absolute Gasteiger partial charge is 0.111 e. The van der Waals surface area contributed by atoms with Crippen LogP contribution >= 0.6 is 0 Å². The molecule has 0 aliphatic carbocycles. The van der Waals surface area contributed by atoms with Gasteiger partial charge >= 0.3 is 0 Å². The van der Waals surface area contributed by atoms with E-state index in [0.29, 0.717) is 6.42 Å². The van der Waals surface area contributed by atoms with Crippen molar-refractivity contribution in [2.45, 2.75) is 26.3 Å². The minimum absolute atomic E-state index is 0.138. The van der Waals surface area contributed by atoms with Gasteiger partial charge in [0.15, 0.2) is 0 Å². The topological polar surface area (TPSA) is 56.7 Å². The van der Waals surface area contributed by atoms with Crippen molar-refractivity contribution in [1.29, 1.82) is 0 Å². The van der Waals surface area contributed by atoms with Crippen molar-refractivity contribution >= 4 is 11.0 Å². The molecule has 2 aromatic heterocycles. The maximum Gasteiger partial charge on any atom is 0.111 e. The number of aryl methyl sites for hydroxylation is 3. The first kappa shape index (κ1) is 13.8. The molecular weight excluding hydrogens is 260 g/mol. The van der Waals surface area contributed by atoms with Gasteiger partial charge in [-0.15, -0.1) is 0 Å². The van der Waals surface area contributed by atoms with Gasteiger partial charge in [-0.05, 0) is 37.1 Å².